The van der Waals surface area contributed by atoms with Crippen LogP contribution < -0.4 is 5.73 Å². The van der Waals surface area contributed by atoms with E-state index in [9.17, 15) is 5.11 Å². The zero-order valence-electron chi connectivity index (χ0n) is 7.99. The second-order valence-corrected chi connectivity index (χ2v) is 4.28. The quantitative estimate of drug-likeness (QED) is 0.628. The number of benzene rings is 1. The zero-order valence-corrected chi connectivity index (χ0v) is 7.99. The van der Waals surface area contributed by atoms with Crippen molar-refractivity contribution in [2.45, 2.75) is 31.4 Å². The molecular formula is C11H15NO. The van der Waals surface area contributed by atoms with Crippen molar-refractivity contribution in [2.75, 3.05) is 0 Å². The number of hydrogen-bond donors (Lipinski definition) is 2. The summed E-state index contributed by atoms with van der Waals surface area (Å²) < 4.78 is 0. The molecule has 70 valence electrons. The summed E-state index contributed by atoms with van der Waals surface area (Å²) in [6, 6.07) is 7.74. The zero-order chi connectivity index (χ0) is 9.64. The first kappa shape index (κ1) is 8.73. The van der Waals surface area contributed by atoms with E-state index in [1.807, 2.05) is 24.3 Å². The van der Waals surface area contributed by atoms with Crippen molar-refractivity contribution in [3.8, 4) is 0 Å². The third kappa shape index (κ3) is 1.02. The summed E-state index contributed by atoms with van der Waals surface area (Å²) in [5.41, 5.74) is 8.00. The van der Waals surface area contributed by atoms with Gasteiger partial charge >= 0.3 is 0 Å². The normalized spacial score (nSPS) is 30.2. The molecule has 0 saturated heterocycles. The molecule has 0 aromatic heterocycles. The van der Waals surface area contributed by atoms with Crippen LogP contribution in [0, 0.1) is 0 Å². The Kier molecular flexibility index (Phi) is 1.72. The molecule has 0 spiro atoms. The summed E-state index contributed by atoms with van der Waals surface area (Å²) in [6.45, 7) is 4.15. The minimum Gasteiger partial charge on any atom is -0.387 e. The van der Waals surface area contributed by atoms with Gasteiger partial charge in [0.05, 0.1) is 6.10 Å². The molecule has 0 heterocycles. The standard InChI is InChI=1S/C11H15NO/c1-11(2)8-6-4-3-5-7(8)9(13)10(11)12/h3-6,9-10,13H,12H2,1-2H3/t9-,10-/m1/s1. The van der Waals surface area contributed by atoms with E-state index in [0.29, 0.717) is 0 Å². The molecule has 0 saturated carbocycles. The predicted molar refractivity (Wildman–Crippen MR) is 52.4 cm³/mol. The molecule has 1 aromatic rings. The van der Waals surface area contributed by atoms with Gasteiger partial charge in [-0.2, -0.15) is 0 Å². The van der Waals surface area contributed by atoms with Gasteiger partial charge in [0.25, 0.3) is 0 Å². The maximum atomic E-state index is 9.86. The Bertz CT molecular complexity index is 333. The molecule has 0 aliphatic heterocycles. The van der Waals surface area contributed by atoms with E-state index in [0.717, 1.165) is 5.56 Å². The molecule has 13 heavy (non-hydrogen) atoms. The summed E-state index contributed by atoms with van der Waals surface area (Å²) in [4.78, 5) is 0. The van der Waals surface area contributed by atoms with Crippen LogP contribution in [0.5, 0.6) is 0 Å². The Morgan fingerprint density at radius 3 is 2.54 bits per heavy atom. The van der Waals surface area contributed by atoms with Gasteiger partial charge < -0.3 is 10.8 Å². The van der Waals surface area contributed by atoms with Gasteiger partial charge in [-0.25, -0.2) is 0 Å². The number of rotatable bonds is 0. The van der Waals surface area contributed by atoms with Crippen molar-refractivity contribution in [3.63, 3.8) is 0 Å². The first-order chi connectivity index (χ1) is 6.05. The molecule has 2 heteroatoms. The first-order valence-corrected chi connectivity index (χ1v) is 4.58. The summed E-state index contributed by atoms with van der Waals surface area (Å²) in [5.74, 6) is 0. The molecule has 2 nitrogen and oxygen atoms in total. The molecule has 0 fully saturated rings. The summed E-state index contributed by atoms with van der Waals surface area (Å²) >= 11 is 0. The molecule has 2 atom stereocenters. The van der Waals surface area contributed by atoms with Crippen molar-refractivity contribution >= 4 is 0 Å². The summed E-state index contributed by atoms with van der Waals surface area (Å²) in [5, 5.41) is 9.86. The van der Waals surface area contributed by atoms with E-state index in [1.165, 1.54) is 5.56 Å². The SMILES string of the molecule is CC1(C)c2ccccc2[C@@H](O)[C@H]1N. The lowest BCUT2D eigenvalue weighted by atomic mass is 9.83. The molecule has 1 aliphatic rings. The Balaban J connectivity index is 2.61. The van der Waals surface area contributed by atoms with Gasteiger partial charge in [0.2, 0.25) is 0 Å². The Hall–Kier alpha value is -0.860. The van der Waals surface area contributed by atoms with Gasteiger partial charge in [-0.05, 0) is 11.1 Å². The van der Waals surface area contributed by atoms with Gasteiger partial charge in [0.1, 0.15) is 0 Å². The summed E-state index contributed by atoms with van der Waals surface area (Å²) in [6.07, 6.45) is -0.508. The van der Waals surface area contributed by atoms with Gasteiger partial charge in [-0.3, -0.25) is 0 Å². The van der Waals surface area contributed by atoms with E-state index in [4.69, 9.17) is 5.73 Å². The molecule has 0 radical (unpaired) electrons. The van der Waals surface area contributed by atoms with E-state index in [-0.39, 0.29) is 11.5 Å². The van der Waals surface area contributed by atoms with Crippen LogP contribution in [0.1, 0.15) is 31.1 Å². The maximum absolute atomic E-state index is 9.86. The van der Waals surface area contributed by atoms with Gasteiger partial charge in [-0.1, -0.05) is 38.1 Å². The number of hydrogen-bond acceptors (Lipinski definition) is 2. The van der Waals surface area contributed by atoms with Crippen LogP contribution in [0.25, 0.3) is 0 Å². The van der Waals surface area contributed by atoms with Gasteiger partial charge in [0, 0.05) is 11.5 Å². The third-order valence-electron chi connectivity index (χ3n) is 3.15. The number of aliphatic hydroxyl groups excluding tert-OH is 1. The highest BCUT2D eigenvalue weighted by atomic mass is 16.3. The summed E-state index contributed by atoms with van der Waals surface area (Å²) in [7, 11) is 0. The van der Waals surface area contributed by atoms with E-state index < -0.39 is 6.10 Å². The number of aliphatic hydroxyl groups is 1. The smallest absolute Gasteiger partial charge is 0.0952 e. The van der Waals surface area contributed by atoms with Crippen LogP contribution in [0.3, 0.4) is 0 Å². The Labute approximate surface area is 78.4 Å². The minimum absolute atomic E-state index is 0.115. The molecule has 3 N–H and O–H groups in total. The van der Waals surface area contributed by atoms with Crippen LogP contribution in [0.2, 0.25) is 0 Å². The fraction of sp³-hybridized carbons (Fsp3) is 0.455. The highest BCUT2D eigenvalue weighted by Gasteiger charge is 2.42. The average molecular weight is 177 g/mol. The van der Waals surface area contributed by atoms with Crippen molar-refractivity contribution < 1.29 is 5.11 Å². The maximum Gasteiger partial charge on any atom is 0.0952 e. The Morgan fingerprint density at radius 1 is 1.31 bits per heavy atom. The van der Waals surface area contributed by atoms with E-state index >= 15 is 0 Å². The van der Waals surface area contributed by atoms with Crippen molar-refractivity contribution in [1.29, 1.82) is 0 Å². The molecular weight excluding hydrogens is 162 g/mol. The second-order valence-electron chi connectivity index (χ2n) is 4.28. The fourth-order valence-electron chi connectivity index (χ4n) is 2.11. The lowest BCUT2D eigenvalue weighted by Gasteiger charge is -2.25. The minimum atomic E-state index is -0.508. The van der Waals surface area contributed by atoms with Crippen LogP contribution in [-0.2, 0) is 5.41 Å². The highest BCUT2D eigenvalue weighted by Crippen LogP contribution is 2.43. The molecule has 1 aliphatic carbocycles. The number of fused-ring (bicyclic) bond motifs is 1. The molecule has 0 bridgehead atoms. The van der Waals surface area contributed by atoms with Crippen LogP contribution in [-0.4, -0.2) is 11.1 Å². The van der Waals surface area contributed by atoms with Crippen molar-refractivity contribution in [2.24, 2.45) is 5.73 Å². The first-order valence-electron chi connectivity index (χ1n) is 4.58. The second kappa shape index (κ2) is 2.56. The van der Waals surface area contributed by atoms with Gasteiger partial charge in [-0.15, -0.1) is 0 Å². The topological polar surface area (TPSA) is 46.2 Å². The molecule has 0 unspecified atom stereocenters. The van der Waals surface area contributed by atoms with Crippen LogP contribution in [0.4, 0.5) is 0 Å². The number of nitrogens with two attached hydrogens (primary N) is 1. The fourth-order valence-corrected chi connectivity index (χ4v) is 2.11. The largest absolute Gasteiger partial charge is 0.387 e. The highest BCUT2D eigenvalue weighted by molar-refractivity contribution is 5.43. The van der Waals surface area contributed by atoms with E-state index in [1.54, 1.807) is 0 Å². The third-order valence-corrected chi connectivity index (χ3v) is 3.15. The molecule has 2 rings (SSSR count). The van der Waals surface area contributed by atoms with Crippen LogP contribution in [0.15, 0.2) is 24.3 Å². The molecule has 1 aromatic carbocycles. The van der Waals surface area contributed by atoms with Gasteiger partial charge in [0.15, 0.2) is 0 Å². The predicted octanol–water partition coefficient (Wildman–Crippen LogP) is 1.34. The van der Waals surface area contributed by atoms with Crippen molar-refractivity contribution in [1.82, 2.24) is 0 Å². The Morgan fingerprint density at radius 2 is 1.92 bits per heavy atom. The van der Waals surface area contributed by atoms with Crippen molar-refractivity contribution in [3.05, 3.63) is 35.4 Å². The van der Waals surface area contributed by atoms with Crippen LogP contribution >= 0.6 is 0 Å². The lowest BCUT2D eigenvalue weighted by Crippen LogP contribution is -2.39. The molecule has 0 amide bonds. The average Bonchev–Trinajstić information content (AvgIpc) is 2.30. The monoisotopic (exact) mass is 177 g/mol. The lowest BCUT2D eigenvalue weighted by molar-refractivity contribution is 0.136. The van der Waals surface area contributed by atoms with E-state index in [2.05, 4.69) is 13.8 Å².